The molecule has 0 aromatic rings. The van der Waals surface area contributed by atoms with Crippen LogP contribution in [0.25, 0.3) is 0 Å². The van der Waals surface area contributed by atoms with E-state index in [4.69, 9.17) is 0 Å². The van der Waals surface area contributed by atoms with Gasteiger partial charge >= 0.3 is 5.97 Å². The first kappa shape index (κ1) is 11.4. The molecule has 0 aliphatic carbocycles. The highest BCUT2D eigenvalue weighted by Gasteiger charge is 2.47. The highest BCUT2D eigenvalue weighted by molar-refractivity contribution is 5.91. The lowest BCUT2D eigenvalue weighted by Crippen LogP contribution is -2.54. The van der Waals surface area contributed by atoms with Crippen molar-refractivity contribution in [3.8, 4) is 0 Å². The molecule has 0 bridgehead atoms. The summed E-state index contributed by atoms with van der Waals surface area (Å²) < 4.78 is 4.58. The maximum absolute atomic E-state index is 12.2. The second-order valence-electron chi connectivity index (χ2n) is 4.52. The minimum atomic E-state index is -0.383. The van der Waals surface area contributed by atoms with Crippen molar-refractivity contribution in [3.05, 3.63) is 0 Å². The quantitative estimate of drug-likeness (QED) is 0.668. The normalized spacial score (nSPS) is 29.8. The lowest BCUT2D eigenvalue weighted by Gasteiger charge is -2.32. The van der Waals surface area contributed by atoms with Crippen LogP contribution in [-0.2, 0) is 14.3 Å². The average molecular weight is 226 g/mol. The molecule has 0 saturated carbocycles. The third kappa shape index (κ3) is 1.91. The molecule has 1 spiro atoms. The second-order valence-corrected chi connectivity index (χ2v) is 4.52. The fourth-order valence-electron chi connectivity index (χ4n) is 2.57. The molecule has 2 rings (SSSR count). The van der Waals surface area contributed by atoms with Crippen LogP contribution in [0.4, 0.5) is 0 Å². The zero-order valence-corrected chi connectivity index (χ0v) is 9.62. The summed E-state index contributed by atoms with van der Waals surface area (Å²) in [6.45, 7) is 1.64. The predicted octanol–water partition coefficient (Wildman–Crippen LogP) is -0.0960. The monoisotopic (exact) mass is 226 g/mol. The molecule has 1 amide bonds. The number of esters is 1. The molecule has 16 heavy (non-hydrogen) atoms. The number of nitrogens with zero attached hydrogens (tertiary/aromatic N) is 1. The van der Waals surface area contributed by atoms with E-state index >= 15 is 0 Å². The molecule has 1 N–H and O–H groups in total. The Balaban J connectivity index is 2.00. The molecular weight excluding hydrogens is 208 g/mol. The molecule has 2 aliphatic heterocycles. The van der Waals surface area contributed by atoms with Crippen molar-refractivity contribution < 1.29 is 14.3 Å². The van der Waals surface area contributed by atoms with Crippen LogP contribution in [0.2, 0.25) is 0 Å². The third-order valence-electron chi connectivity index (χ3n) is 3.55. The van der Waals surface area contributed by atoms with Crippen molar-refractivity contribution in [1.29, 1.82) is 0 Å². The predicted molar refractivity (Wildman–Crippen MR) is 57.8 cm³/mol. The number of methoxy groups -OCH3 is 1. The van der Waals surface area contributed by atoms with Crippen molar-refractivity contribution >= 4 is 11.9 Å². The molecule has 5 heteroatoms. The highest BCUT2D eigenvalue weighted by Crippen LogP contribution is 2.30. The van der Waals surface area contributed by atoms with Gasteiger partial charge in [-0.2, -0.15) is 0 Å². The molecule has 2 aliphatic rings. The molecule has 1 unspecified atom stereocenters. The van der Waals surface area contributed by atoms with E-state index in [1.807, 2.05) is 0 Å². The van der Waals surface area contributed by atoms with Gasteiger partial charge in [0.2, 0.25) is 5.91 Å². The zero-order chi connectivity index (χ0) is 11.6. The number of carbonyl (C=O) groups excluding carboxylic acids is 2. The first-order chi connectivity index (χ1) is 7.68. The number of carbonyl (C=O) groups is 2. The van der Waals surface area contributed by atoms with Gasteiger partial charge in [-0.15, -0.1) is 0 Å². The van der Waals surface area contributed by atoms with E-state index in [9.17, 15) is 9.59 Å². The van der Waals surface area contributed by atoms with Crippen LogP contribution in [-0.4, -0.2) is 49.1 Å². The van der Waals surface area contributed by atoms with Gasteiger partial charge in [-0.25, -0.2) is 0 Å². The third-order valence-corrected chi connectivity index (χ3v) is 3.55. The van der Waals surface area contributed by atoms with E-state index < -0.39 is 0 Å². The summed E-state index contributed by atoms with van der Waals surface area (Å²) in [6.07, 6.45) is 3.92. The standard InChI is InChI=1S/C11H18N2O3/c1-16-9(14)8-13-7-5-11(10(13)15)4-2-3-6-12-11/h12H,2-8H2,1H3. The first-order valence-corrected chi connectivity index (χ1v) is 5.79. The van der Waals surface area contributed by atoms with Gasteiger partial charge in [-0.3, -0.25) is 9.59 Å². The van der Waals surface area contributed by atoms with Crippen molar-refractivity contribution in [2.75, 3.05) is 26.7 Å². The number of amides is 1. The van der Waals surface area contributed by atoms with Crippen LogP contribution >= 0.6 is 0 Å². The molecule has 0 aromatic heterocycles. The number of nitrogens with one attached hydrogen (secondary N) is 1. The van der Waals surface area contributed by atoms with Crippen LogP contribution in [0.3, 0.4) is 0 Å². The molecule has 5 nitrogen and oxygen atoms in total. The largest absolute Gasteiger partial charge is 0.468 e. The molecule has 2 saturated heterocycles. The van der Waals surface area contributed by atoms with Gasteiger partial charge in [0.15, 0.2) is 0 Å². The summed E-state index contributed by atoms with van der Waals surface area (Å²) in [5.41, 5.74) is -0.383. The Morgan fingerprint density at radius 2 is 2.31 bits per heavy atom. The lowest BCUT2D eigenvalue weighted by molar-refractivity contribution is -0.147. The van der Waals surface area contributed by atoms with E-state index in [1.165, 1.54) is 7.11 Å². The van der Waals surface area contributed by atoms with Gasteiger partial charge in [0, 0.05) is 6.54 Å². The Hall–Kier alpha value is -1.10. The van der Waals surface area contributed by atoms with Crippen LogP contribution in [0.5, 0.6) is 0 Å². The van der Waals surface area contributed by atoms with E-state index in [2.05, 4.69) is 10.1 Å². The number of piperidine rings is 1. The molecule has 0 radical (unpaired) electrons. The molecule has 2 heterocycles. The van der Waals surface area contributed by atoms with Crippen LogP contribution in [0.15, 0.2) is 0 Å². The minimum Gasteiger partial charge on any atom is -0.468 e. The molecule has 1 atom stereocenters. The van der Waals surface area contributed by atoms with E-state index in [0.717, 1.165) is 32.2 Å². The topological polar surface area (TPSA) is 58.6 Å². The summed E-state index contributed by atoms with van der Waals surface area (Å²) in [5.74, 6) is -0.279. The Labute approximate surface area is 95.1 Å². The molecular formula is C11H18N2O3. The fourth-order valence-corrected chi connectivity index (χ4v) is 2.57. The lowest BCUT2D eigenvalue weighted by atomic mass is 9.87. The van der Waals surface area contributed by atoms with Gasteiger partial charge in [0.1, 0.15) is 6.54 Å². The summed E-state index contributed by atoms with van der Waals surface area (Å²) >= 11 is 0. The van der Waals surface area contributed by atoms with Crippen molar-refractivity contribution in [1.82, 2.24) is 10.2 Å². The average Bonchev–Trinajstić information content (AvgIpc) is 2.60. The smallest absolute Gasteiger partial charge is 0.325 e. The second kappa shape index (κ2) is 4.41. The summed E-state index contributed by atoms with van der Waals surface area (Å²) in [5, 5.41) is 3.32. The van der Waals surface area contributed by atoms with Crippen molar-refractivity contribution in [3.63, 3.8) is 0 Å². The number of hydrogen-bond donors (Lipinski definition) is 1. The van der Waals surface area contributed by atoms with Crippen LogP contribution < -0.4 is 5.32 Å². The van der Waals surface area contributed by atoms with Crippen LogP contribution in [0, 0.1) is 0 Å². The maximum atomic E-state index is 12.2. The number of likely N-dealkylation sites (tertiary alicyclic amines) is 1. The molecule has 90 valence electrons. The SMILES string of the molecule is COC(=O)CN1CCC2(CCCCN2)C1=O. The minimum absolute atomic E-state index is 0.0672. The van der Waals surface area contributed by atoms with Gasteiger partial charge in [-0.05, 0) is 32.2 Å². The Morgan fingerprint density at radius 1 is 1.50 bits per heavy atom. The molecule has 0 aromatic carbocycles. The number of hydrogen-bond acceptors (Lipinski definition) is 4. The van der Waals surface area contributed by atoms with Crippen LogP contribution in [0.1, 0.15) is 25.7 Å². The number of rotatable bonds is 2. The Bertz CT molecular complexity index is 298. The summed E-state index contributed by atoms with van der Waals surface area (Å²) in [6, 6.07) is 0. The summed E-state index contributed by atoms with van der Waals surface area (Å²) in [7, 11) is 1.34. The highest BCUT2D eigenvalue weighted by atomic mass is 16.5. The van der Waals surface area contributed by atoms with Crippen molar-refractivity contribution in [2.24, 2.45) is 0 Å². The first-order valence-electron chi connectivity index (χ1n) is 5.79. The van der Waals surface area contributed by atoms with E-state index in [1.54, 1.807) is 4.90 Å². The van der Waals surface area contributed by atoms with E-state index in [-0.39, 0.29) is 24.0 Å². The van der Waals surface area contributed by atoms with Gasteiger partial charge in [-0.1, -0.05) is 0 Å². The van der Waals surface area contributed by atoms with Gasteiger partial charge in [0.05, 0.1) is 12.6 Å². The number of ether oxygens (including phenoxy) is 1. The summed E-state index contributed by atoms with van der Waals surface area (Å²) in [4.78, 5) is 24.9. The fraction of sp³-hybridized carbons (Fsp3) is 0.818. The molecule has 2 fully saturated rings. The van der Waals surface area contributed by atoms with Gasteiger partial charge < -0.3 is 15.0 Å². The maximum Gasteiger partial charge on any atom is 0.325 e. The van der Waals surface area contributed by atoms with E-state index in [0.29, 0.717) is 6.54 Å². The Morgan fingerprint density at radius 3 is 2.94 bits per heavy atom. The van der Waals surface area contributed by atoms with Crippen molar-refractivity contribution in [2.45, 2.75) is 31.2 Å². The zero-order valence-electron chi connectivity index (χ0n) is 9.62. The van der Waals surface area contributed by atoms with Gasteiger partial charge in [0.25, 0.3) is 0 Å². The Kier molecular flexibility index (Phi) is 3.14.